The Morgan fingerprint density at radius 2 is 2.40 bits per heavy atom. The first-order chi connectivity index (χ1) is 7.16. The van der Waals surface area contributed by atoms with Gasteiger partial charge in [-0.15, -0.1) is 0 Å². The highest BCUT2D eigenvalue weighted by Gasteiger charge is 2.15. The summed E-state index contributed by atoms with van der Waals surface area (Å²) < 4.78 is 5.23. The van der Waals surface area contributed by atoms with Crippen molar-refractivity contribution in [2.75, 3.05) is 6.54 Å². The average Bonchev–Trinajstić information content (AvgIpc) is 2.37. The minimum Gasteiger partial charge on any atom is -0.463 e. The third kappa shape index (κ3) is 2.08. The Hall–Kier alpha value is -1.59. The molecule has 1 aliphatic rings. The number of carbonyl (C=O) groups excluding carboxylic acids is 1. The van der Waals surface area contributed by atoms with Crippen molar-refractivity contribution in [3.8, 4) is 5.75 Å². The van der Waals surface area contributed by atoms with Crippen molar-refractivity contribution < 1.29 is 14.6 Å². The molecule has 0 aliphatic carbocycles. The fraction of sp³-hybridized carbons (Fsp3) is 0.300. The van der Waals surface area contributed by atoms with Crippen LogP contribution in [0, 0.1) is 0 Å². The number of carbonyl (C=O) groups is 1. The summed E-state index contributed by atoms with van der Waals surface area (Å²) in [5, 5.41) is 12.4. The molecule has 1 heterocycles. The summed E-state index contributed by atoms with van der Waals surface area (Å²) in [5.41, 5.74) is 6.43. The SMILES string of the molecule is NC(=O)c1ccc2c(c1)OC(O)CNC2. The fourth-order valence-corrected chi connectivity index (χ4v) is 1.48. The normalized spacial score (nSPS) is 19.9. The molecular weight excluding hydrogens is 196 g/mol. The number of nitrogens with one attached hydrogen (secondary N) is 1. The lowest BCUT2D eigenvalue weighted by atomic mass is 10.1. The van der Waals surface area contributed by atoms with Crippen LogP contribution in [0.5, 0.6) is 5.75 Å². The number of β-amino-alcohol motifs (C(OH)–C–C–N with tert-alkyl or cyclic N) is 1. The average molecular weight is 208 g/mol. The van der Waals surface area contributed by atoms with Gasteiger partial charge in [0, 0.05) is 17.7 Å². The molecule has 0 spiro atoms. The molecule has 0 saturated carbocycles. The van der Waals surface area contributed by atoms with Gasteiger partial charge in [-0.2, -0.15) is 0 Å². The van der Waals surface area contributed by atoms with Crippen LogP contribution in [0.4, 0.5) is 0 Å². The molecule has 0 fully saturated rings. The molecule has 5 nitrogen and oxygen atoms in total. The van der Waals surface area contributed by atoms with Gasteiger partial charge in [0.15, 0.2) is 0 Å². The van der Waals surface area contributed by atoms with Gasteiger partial charge in [0.25, 0.3) is 0 Å². The lowest BCUT2D eigenvalue weighted by molar-refractivity contribution is -0.0113. The summed E-state index contributed by atoms with van der Waals surface area (Å²) in [4.78, 5) is 10.9. The van der Waals surface area contributed by atoms with Crippen molar-refractivity contribution in [3.63, 3.8) is 0 Å². The van der Waals surface area contributed by atoms with Gasteiger partial charge in [0.2, 0.25) is 12.2 Å². The highest BCUT2D eigenvalue weighted by Crippen LogP contribution is 2.22. The minimum atomic E-state index is -0.894. The van der Waals surface area contributed by atoms with E-state index in [1.165, 1.54) is 0 Å². The van der Waals surface area contributed by atoms with E-state index in [1.54, 1.807) is 18.2 Å². The number of amides is 1. The number of aliphatic hydroxyl groups excluding tert-OH is 1. The van der Waals surface area contributed by atoms with Crippen molar-refractivity contribution in [2.24, 2.45) is 5.73 Å². The quantitative estimate of drug-likeness (QED) is 0.585. The monoisotopic (exact) mass is 208 g/mol. The largest absolute Gasteiger partial charge is 0.463 e. The van der Waals surface area contributed by atoms with E-state index in [0.29, 0.717) is 24.4 Å². The summed E-state index contributed by atoms with van der Waals surface area (Å²) in [7, 11) is 0. The van der Waals surface area contributed by atoms with Crippen LogP contribution in [0.3, 0.4) is 0 Å². The number of rotatable bonds is 1. The first-order valence-corrected chi connectivity index (χ1v) is 4.65. The summed E-state index contributed by atoms with van der Waals surface area (Å²) in [5.74, 6) is -0.00287. The summed E-state index contributed by atoms with van der Waals surface area (Å²) in [6.07, 6.45) is -0.894. The molecule has 0 saturated heterocycles. The molecule has 80 valence electrons. The zero-order chi connectivity index (χ0) is 10.8. The fourth-order valence-electron chi connectivity index (χ4n) is 1.48. The molecule has 5 heteroatoms. The number of hydrogen-bond acceptors (Lipinski definition) is 4. The lowest BCUT2D eigenvalue weighted by Crippen LogP contribution is -2.27. The summed E-state index contributed by atoms with van der Waals surface area (Å²) >= 11 is 0. The van der Waals surface area contributed by atoms with Gasteiger partial charge in [-0.25, -0.2) is 0 Å². The number of hydrogen-bond donors (Lipinski definition) is 3. The van der Waals surface area contributed by atoms with E-state index in [9.17, 15) is 9.90 Å². The van der Waals surface area contributed by atoms with Crippen LogP contribution in [0.1, 0.15) is 15.9 Å². The molecule has 1 amide bonds. The van der Waals surface area contributed by atoms with E-state index in [2.05, 4.69) is 5.32 Å². The van der Waals surface area contributed by atoms with Crippen LogP contribution in [-0.2, 0) is 6.54 Å². The van der Waals surface area contributed by atoms with E-state index >= 15 is 0 Å². The second-order valence-electron chi connectivity index (χ2n) is 3.39. The Morgan fingerprint density at radius 3 is 3.13 bits per heavy atom. The summed E-state index contributed by atoms with van der Waals surface area (Å²) in [6.45, 7) is 0.964. The van der Waals surface area contributed by atoms with Gasteiger partial charge in [-0.3, -0.25) is 4.79 Å². The second-order valence-corrected chi connectivity index (χ2v) is 3.39. The zero-order valence-corrected chi connectivity index (χ0v) is 8.06. The molecule has 1 aromatic rings. The lowest BCUT2D eigenvalue weighted by Gasteiger charge is -2.11. The van der Waals surface area contributed by atoms with Gasteiger partial charge in [-0.05, 0) is 12.1 Å². The number of primary amides is 1. The van der Waals surface area contributed by atoms with Crippen LogP contribution < -0.4 is 15.8 Å². The van der Waals surface area contributed by atoms with Crippen molar-refractivity contribution in [2.45, 2.75) is 12.8 Å². The van der Waals surface area contributed by atoms with Crippen molar-refractivity contribution in [1.29, 1.82) is 0 Å². The number of benzene rings is 1. The molecular formula is C10H12N2O3. The highest BCUT2D eigenvalue weighted by atomic mass is 16.6. The Bertz CT molecular complexity index is 392. The Morgan fingerprint density at radius 1 is 1.60 bits per heavy atom. The molecule has 1 aromatic carbocycles. The molecule has 1 unspecified atom stereocenters. The number of nitrogens with two attached hydrogens (primary N) is 1. The Labute approximate surface area is 86.8 Å². The number of aliphatic hydroxyl groups is 1. The van der Waals surface area contributed by atoms with Gasteiger partial charge in [0.1, 0.15) is 5.75 Å². The molecule has 1 aliphatic heterocycles. The van der Waals surface area contributed by atoms with Crippen LogP contribution in [-0.4, -0.2) is 23.8 Å². The predicted molar refractivity (Wildman–Crippen MR) is 53.3 cm³/mol. The van der Waals surface area contributed by atoms with Crippen LogP contribution in [0.15, 0.2) is 18.2 Å². The topological polar surface area (TPSA) is 84.6 Å². The molecule has 0 bridgehead atoms. The number of ether oxygens (including phenoxy) is 1. The first-order valence-electron chi connectivity index (χ1n) is 4.65. The molecule has 2 rings (SSSR count). The van der Waals surface area contributed by atoms with Crippen LogP contribution >= 0.6 is 0 Å². The van der Waals surface area contributed by atoms with Gasteiger partial charge >= 0.3 is 0 Å². The molecule has 0 radical (unpaired) electrons. The second kappa shape index (κ2) is 3.88. The minimum absolute atomic E-state index is 0.362. The van der Waals surface area contributed by atoms with Gasteiger partial charge in [-0.1, -0.05) is 6.07 Å². The maximum Gasteiger partial charge on any atom is 0.248 e. The van der Waals surface area contributed by atoms with E-state index in [4.69, 9.17) is 10.5 Å². The van der Waals surface area contributed by atoms with Gasteiger partial charge in [0.05, 0.1) is 6.54 Å². The number of fused-ring (bicyclic) bond motifs is 1. The van der Waals surface area contributed by atoms with E-state index in [0.717, 1.165) is 5.56 Å². The van der Waals surface area contributed by atoms with Crippen molar-refractivity contribution in [1.82, 2.24) is 5.32 Å². The van der Waals surface area contributed by atoms with E-state index in [-0.39, 0.29) is 0 Å². The van der Waals surface area contributed by atoms with E-state index < -0.39 is 12.2 Å². The molecule has 4 N–H and O–H groups in total. The van der Waals surface area contributed by atoms with Gasteiger partial charge < -0.3 is 20.9 Å². The third-order valence-electron chi connectivity index (χ3n) is 2.25. The Balaban J connectivity index is 2.37. The molecule has 15 heavy (non-hydrogen) atoms. The zero-order valence-electron chi connectivity index (χ0n) is 8.06. The Kier molecular flexibility index (Phi) is 2.57. The van der Waals surface area contributed by atoms with Crippen molar-refractivity contribution in [3.05, 3.63) is 29.3 Å². The van der Waals surface area contributed by atoms with Crippen LogP contribution in [0.25, 0.3) is 0 Å². The smallest absolute Gasteiger partial charge is 0.248 e. The standard InChI is InChI=1S/C10H12N2O3/c11-10(14)6-1-2-7-4-12-5-9(13)15-8(7)3-6/h1-3,9,12-13H,4-5H2,(H2,11,14). The highest BCUT2D eigenvalue weighted by molar-refractivity contribution is 5.93. The van der Waals surface area contributed by atoms with Crippen LogP contribution in [0.2, 0.25) is 0 Å². The van der Waals surface area contributed by atoms with E-state index in [1.807, 2.05) is 0 Å². The maximum atomic E-state index is 10.9. The predicted octanol–water partition coefficient (Wildman–Crippen LogP) is -0.414. The third-order valence-corrected chi connectivity index (χ3v) is 2.25. The molecule has 0 aromatic heterocycles. The first kappa shape index (κ1) is 9.95. The van der Waals surface area contributed by atoms with Crippen molar-refractivity contribution >= 4 is 5.91 Å². The summed E-state index contributed by atoms with van der Waals surface area (Å²) in [6, 6.07) is 4.96. The molecule has 1 atom stereocenters. The maximum absolute atomic E-state index is 10.9.